The summed E-state index contributed by atoms with van der Waals surface area (Å²) >= 11 is 15.4. The van der Waals surface area contributed by atoms with Crippen LogP contribution in [0.5, 0.6) is 0 Å². The summed E-state index contributed by atoms with van der Waals surface area (Å²) < 4.78 is 5.79. The minimum atomic E-state index is 0.805. The molecule has 3 N–H and O–H groups in total. The summed E-state index contributed by atoms with van der Waals surface area (Å²) in [6, 6.07) is 165. The van der Waals surface area contributed by atoms with Crippen LogP contribution in [-0.2, 0) is 0 Å². The van der Waals surface area contributed by atoms with E-state index in [1.54, 1.807) is 0 Å². The number of halogens is 5. The van der Waals surface area contributed by atoms with Gasteiger partial charge in [0.1, 0.15) is 0 Å². The average Bonchev–Trinajstić information content (AvgIpc) is 0.773. The summed E-state index contributed by atoms with van der Waals surface area (Å²) in [5.41, 5.74) is 34.3. The number of nitrogens with two attached hydrogens (primary N) is 1. The minimum Gasteiger partial charge on any atom is -0.399 e. The summed E-state index contributed by atoms with van der Waals surface area (Å²) in [7, 11) is 0. The highest BCUT2D eigenvalue weighted by Crippen LogP contribution is 2.44. The molecule has 0 aliphatic rings. The maximum Gasteiger partial charge on any atom is 0.0493 e. The molecule has 0 aliphatic carbocycles. The predicted octanol–water partition coefficient (Wildman–Crippen LogP) is 33.5. The molecular weight excluding hydrogens is 1850 g/mol. The molecule has 0 atom stereocenters. The predicted molar refractivity (Wildman–Crippen MR) is 528 cm³/mol. The van der Waals surface area contributed by atoms with Crippen LogP contribution in [0.1, 0.15) is 0 Å². The minimum absolute atomic E-state index is 0.805. The number of hydrogen-bond donors (Lipinski definition) is 2. The van der Waals surface area contributed by atoms with Gasteiger partial charge in [0.15, 0.2) is 0 Å². The van der Waals surface area contributed by atoms with E-state index in [2.05, 4.69) is 521 Å². The van der Waals surface area contributed by atoms with Crippen molar-refractivity contribution >= 4 is 144 Å². The van der Waals surface area contributed by atoms with Crippen molar-refractivity contribution in [2.75, 3.05) is 20.9 Å². The molecule has 9 heteroatoms. The van der Waals surface area contributed by atoms with E-state index in [0.29, 0.717) is 0 Å². The molecule has 0 unspecified atom stereocenters. The van der Waals surface area contributed by atoms with Crippen molar-refractivity contribution in [2.24, 2.45) is 0 Å². The van der Waals surface area contributed by atoms with Gasteiger partial charge >= 0.3 is 0 Å². The molecule has 0 heterocycles. The van der Waals surface area contributed by atoms with Crippen LogP contribution in [0.3, 0.4) is 0 Å². The largest absolute Gasteiger partial charge is 0.399 e. The summed E-state index contributed by atoms with van der Waals surface area (Å²) in [4.78, 5) is 4.68. The summed E-state index contributed by atoms with van der Waals surface area (Å²) in [5, 5.41) is 3.46. The fourth-order valence-corrected chi connectivity index (χ4v) is 17.5. The van der Waals surface area contributed by atoms with Gasteiger partial charge in [-0.05, 0) is 268 Å². The monoisotopic (exact) mass is 1920 g/mol. The molecule has 0 spiro atoms. The highest BCUT2D eigenvalue weighted by molar-refractivity contribution is 14.1. The molecule has 18 aromatic rings. The van der Waals surface area contributed by atoms with Gasteiger partial charge in [0.05, 0.1) is 0 Å². The Morgan fingerprint density at radius 1 is 0.179 bits per heavy atom. The van der Waals surface area contributed by atoms with Gasteiger partial charge in [0.2, 0.25) is 0 Å². The van der Waals surface area contributed by atoms with Gasteiger partial charge in [-0.1, -0.05) is 388 Å². The van der Waals surface area contributed by atoms with Gasteiger partial charge in [-0.15, -0.1) is 0 Å². The SMILES string of the molecule is Brc1cc(I)cc(I)c1.Brc1cc(N(c2ccc(-c3ccccc3)cc2)c2ccc(-c3ccccc3)cc2)cc(N(c2ccc(-c3ccccc3)cc2)c2ccc(-c3ccccc3)cc2)c1.Brc1ccc(-c2ccccc2)cc1.Nc1ccc(-c2ccccc2)cc1.c1ccc(-c2ccc(Nc3ccc(-c4ccccc4)cc3)cc2)cc1. The van der Waals surface area contributed by atoms with Crippen molar-refractivity contribution in [3.63, 3.8) is 0 Å². The first-order chi connectivity index (χ1) is 57.4. The third-order valence-electron chi connectivity index (χ3n) is 19.4. The number of nitrogens with zero attached hydrogens (tertiary/aromatic N) is 2. The Bertz CT molecular complexity index is 5480. The number of rotatable bonds is 16. The maximum absolute atomic E-state index is 5.60. The highest BCUT2D eigenvalue weighted by Gasteiger charge is 2.20. The van der Waals surface area contributed by atoms with E-state index in [1.807, 2.05) is 60.7 Å². The van der Waals surface area contributed by atoms with Crippen molar-refractivity contribution < 1.29 is 0 Å². The Hall–Kier alpha value is -11.9. The lowest BCUT2D eigenvalue weighted by molar-refractivity contribution is 1.24. The topological polar surface area (TPSA) is 44.5 Å². The Balaban J connectivity index is 0.000000151. The van der Waals surface area contributed by atoms with Crippen LogP contribution in [0, 0.1) is 7.14 Å². The Morgan fingerprint density at radius 3 is 0.590 bits per heavy atom. The Labute approximate surface area is 740 Å². The lowest BCUT2D eigenvalue weighted by Gasteiger charge is -2.30. The number of benzene rings is 18. The van der Waals surface area contributed by atoms with E-state index >= 15 is 0 Å². The zero-order valence-corrected chi connectivity index (χ0v) is 73.0. The highest BCUT2D eigenvalue weighted by atomic mass is 127. The molecule has 0 saturated carbocycles. The normalized spacial score (nSPS) is 10.5. The molecule has 0 radical (unpaired) electrons. The second-order valence-electron chi connectivity index (χ2n) is 27.5. The van der Waals surface area contributed by atoms with Crippen molar-refractivity contribution in [2.45, 2.75) is 0 Å². The van der Waals surface area contributed by atoms with E-state index in [9.17, 15) is 0 Å². The molecule has 0 fully saturated rings. The number of hydrogen-bond acceptors (Lipinski definition) is 4. The zero-order chi connectivity index (χ0) is 80.3. The molecule has 568 valence electrons. The molecule has 0 aliphatic heterocycles. The molecular formula is C108H81Br3I2N4. The number of nitrogens with one attached hydrogen (secondary N) is 1. The summed E-state index contributed by atoms with van der Waals surface area (Å²) in [6.45, 7) is 0. The molecule has 0 aromatic heterocycles. The fraction of sp³-hybridized carbons (Fsp3) is 0. The van der Waals surface area contributed by atoms with Crippen molar-refractivity contribution in [1.82, 2.24) is 0 Å². The van der Waals surface area contributed by atoms with Crippen molar-refractivity contribution in [3.8, 4) is 89.0 Å². The molecule has 18 aromatic carbocycles. The van der Waals surface area contributed by atoms with Gasteiger partial charge in [-0.3, -0.25) is 0 Å². The van der Waals surface area contributed by atoms with Crippen LogP contribution < -0.4 is 20.9 Å². The second kappa shape index (κ2) is 41.6. The molecule has 117 heavy (non-hydrogen) atoms. The van der Waals surface area contributed by atoms with Gasteiger partial charge in [-0.2, -0.15) is 0 Å². The van der Waals surface area contributed by atoms with Gasteiger partial charge < -0.3 is 20.9 Å². The first-order valence-corrected chi connectivity index (χ1v) is 42.9. The van der Waals surface area contributed by atoms with Crippen LogP contribution in [0.15, 0.2) is 487 Å². The van der Waals surface area contributed by atoms with E-state index in [4.69, 9.17) is 5.73 Å². The molecule has 18 rings (SSSR count). The van der Waals surface area contributed by atoms with Crippen LogP contribution in [-0.4, -0.2) is 0 Å². The molecule has 0 amide bonds. The third-order valence-corrected chi connectivity index (χ3v) is 22.1. The molecule has 0 saturated heterocycles. The lowest BCUT2D eigenvalue weighted by atomic mass is 10.0. The zero-order valence-electron chi connectivity index (χ0n) is 63.9. The molecule has 0 bridgehead atoms. The van der Waals surface area contributed by atoms with E-state index < -0.39 is 0 Å². The fourth-order valence-electron chi connectivity index (χ4n) is 13.5. The smallest absolute Gasteiger partial charge is 0.0493 e. The molecule has 4 nitrogen and oxygen atoms in total. The van der Waals surface area contributed by atoms with Gasteiger partial charge in [0.25, 0.3) is 0 Å². The summed E-state index contributed by atoms with van der Waals surface area (Å²) in [6.07, 6.45) is 0. The van der Waals surface area contributed by atoms with Crippen molar-refractivity contribution in [1.29, 1.82) is 0 Å². The third kappa shape index (κ3) is 23.2. The maximum atomic E-state index is 5.60. The lowest BCUT2D eigenvalue weighted by Crippen LogP contribution is -2.13. The van der Waals surface area contributed by atoms with Crippen LogP contribution in [0.25, 0.3) is 89.0 Å². The first-order valence-electron chi connectivity index (χ1n) is 38.4. The first kappa shape index (κ1) is 81.6. The van der Waals surface area contributed by atoms with Crippen molar-refractivity contribution in [3.05, 3.63) is 494 Å². The van der Waals surface area contributed by atoms with E-state index in [-0.39, 0.29) is 0 Å². The van der Waals surface area contributed by atoms with Gasteiger partial charge in [0, 0.05) is 71.7 Å². The van der Waals surface area contributed by atoms with Crippen LogP contribution in [0.4, 0.5) is 51.2 Å². The number of anilines is 9. The van der Waals surface area contributed by atoms with Crippen LogP contribution >= 0.6 is 93.0 Å². The van der Waals surface area contributed by atoms with Crippen LogP contribution in [0.2, 0.25) is 0 Å². The number of nitrogen functional groups attached to an aromatic ring is 1. The Kier molecular flexibility index (Phi) is 29.0. The standard InChI is InChI=1S/C54H39BrN2.C24H19N.C12H9Br.C12H11N.C6H3BrI2/c55-48-37-53(56(49-29-21-44(22-30-49)40-13-5-1-6-14-40)50-31-23-45(24-32-50)41-15-7-2-8-16-41)39-54(38-48)57(51-33-25-46(26-34-51)42-17-9-3-10-18-42)52-35-27-47(28-36-52)43-19-11-4-12-20-43;1-3-7-19(8-4-1)21-11-15-23(16-12-21)25-24-17-13-22(14-18-24)20-9-5-2-6-10-20;2*13-12-8-6-11(7-9-12)10-4-2-1-3-5-10;7-4-1-5(8)3-6(9)2-4/h1-39H;1-18,25H;1-9H;1-9H,13H2;1-3H. The quantitative estimate of drug-likeness (QED) is 0.0748. The summed E-state index contributed by atoms with van der Waals surface area (Å²) in [5.74, 6) is 0. The Morgan fingerprint density at radius 2 is 0.368 bits per heavy atom. The van der Waals surface area contributed by atoms with E-state index in [1.165, 1.54) is 96.2 Å². The second-order valence-corrected chi connectivity index (χ2v) is 32.7. The van der Waals surface area contributed by atoms with Gasteiger partial charge in [-0.25, -0.2) is 0 Å². The average molecular weight is 1930 g/mol. The van der Waals surface area contributed by atoms with E-state index in [0.717, 1.165) is 64.6 Å².